The van der Waals surface area contributed by atoms with Crippen LogP contribution >= 0.6 is 0 Å². The van der Waals surface area contributed by atoms with Crippen molar-refractivity contribution in [3.05, 3.63) is 58.3 Å². The summed E-state index contributed by atoms with van der Waals surface area (Å²) >= 11 is 0. The highest BCUT2D eigenvalue weighted by Gasteiger charge is 2.21. The van der Waals surface area contributed by atoms with E-state index in [9.17, 15) is 19.7 Å². The second kappa shape index (κ2) is 10.4. The number of hydrogen-bond acceptors (Lipinski definition) is 8. The highest BCUT2D eigenvalue weighted by atomic mass is 16.6. The van der Waals surface area contributed by atoms with E-state index in [1.807, 2.05) is 0 Å². The molecule has 0 bridgehead atoms. The smallest absolute Gasteiger partial charge is 0.339 e. The Balaban J connectivity index is 1.55. The molecule has 1 N–H and O–H groups in total. The van der Waals surface area contributed by atoms with Crippen LogP contribution in [0, 0.1) is 10.1 Å². The number of carbonyl (C=O) groups is 2. The zero-order chi connectivity index (χ0) is 22.2. The monoisotopic (exact) mass is 427 g/mol. The van der Waals surface area contributed by atoms with Crippen LogP contribution in [0.3, 0.4) is 0 Å². The third-order valence-corrected chi connectivity index (χ3v) is 4.96. The number of para-hydroxylation sites is 2. The van der Waals surface area contributed by atoms with Gasteiger partial charge in [-0.2, -0.15) is 0 Å². The fourth-order valence-electron chi connectivity index (χ4n) is 3.37. The molecule has 2 aromatic rings. The van der Waals surface area contributed by atoms with E-state index in [1.54, 1.807) is 42.2 Å². The van der Waals surface area contributed by atoms with Crippen LogP contribution in [0.15, 0.2) is 42.6 Å². The Hall–Kier alpha value is -3.69. The molecule has 1 aliphatic heterocycles. The molecule has 10 nitrogen and oxygen atoms in total. The van der Waals surface area contributed by atoms with Gasteiger partial charge in [-0.3, -0.25) is 14.9 Å². The summed E-state index contributed by atoms with van der Waals surface area (Å²) in [6.45, 7) is 4.48. The van der Waals surface area contributed by atoms with Gasteiger partial charge in [0.15, 0.2) is 0 Å². The number of rotatable bonds is 7. The summed E-state index contributed by atoms with van der Waals surface area (Å²) in [7, 11) is 0. The number of nitro benzene ring substituents is 1. The van der Waals surface area contributed by atoms with Crippen molar-refractivity contribution in [2.45, 2.75) is 13.3 Å². The minimum atomic E-state index is -0.475. The fraction of sp³-hybridized carbons (Fsp3) is 0.381. The summed E-state index contributed by atoms with van der Waals surface area (Å²) in [6.07, 6.45) is 2.26. The summed E-state index contributed by atoms with van der Waals surface area (Å²) in [4.78, 5) is 43.2. The van der Waals surface area contributed by atoms with Gasteiger partial charge in [-0.1, -0.05) is 12.1 Å². The number of hydrogen-bond donors (Lipinski definition) is 1. The van der Waals surface area contributed by atoms with Crippen LogP contribution in [0.5, 0.6) is 0 Å². The van der Waals surface area contributed by atoms with Crippen LogP contribution in [-0.2, 0) is 9.53 Å². The highest BCUT2D eigenvalue weighted by molar-refractivity contribution is 5.89. The number of benzene rings is 1. The van der Waals surface area contributed by atoms with Crippen molar-refractivity contribution in [2.75, 3.05) is 49.5 Å². The molecule has 1 saturated heterocycles. The number of esters is 1. The van der Waals surface area contributed by atoms with E-state index in [-0.39, 0.29) is 18.1 Å². The second-order valence-corrected chi connectivity index (χ2v) is 6.97. The van der Waals surface area contributed by atoms with Crippen LogP contribution < -0.4 is 10.2 Å². The molecular formula is C21H25N5O5. The standard InChI is InChI=1S/C21H25N5O5/c1-2-31-21(28)16-8-9-19(23-14-16)24-10-5-11-25(13-12-24)20(27)15-22-17-6-3-4-7-18(17)26(29)30/h3-4,6-9,14,22H,2,5,10-13,15H2,1H3. The lowest BCUT2D eigenvalue weighted by Crippen LogP contribution is -2.38. The van der Waals surface area contributed by atoms with Crippen LogP contribution in [0.2, 0.25) is 0 Å². The van der Waals surface area contributed by atoms with Gasteiger partial charge in [-0.05, 0) is 31.5 Å². The summed E-state index contributed by atoms with van der Waals surface area (Å²) < 4.78 is 4.97. The average Bonchev–Trinajstić information content (AvgIpc) is 3.04. The zero-order valence-corrected chi connectivity index (χ0v) is 17.3. The van der Waals surface area contributed by atoms with Crippen molar-refractivity contribution < 1.29 is 19.2 Å². The second-order valence-electron chi connectivity index (χ2n) is 6.97. The van der Waals surface area contributed by atoms with Crippen LogP contribution in [0.4, 0.5) is 17.2 Å². The average molecular weight is 427 g/mol. The van der Waals surface area contributed by atoms with Gasteiger partial charge in [-0.15, -0.1) is 0 Å². The van der Waals surface area contributed by atoms with E-state index in [0.717, 1.165) is 18.8 Å². The van der Waals surface area contributed by atoms with E-state index in [0.29, 0.717) is 37.5 Å². The number of anilines is 2. The molecule has 0 saturated carbocycles. The molecule has 0 spiro atoms. The predicted octanol–water partition coefficient (Wildman–Crippen LogP) is 2.32. The molecule has 1 aliphatic rings. The molecule has 2 heterocycles. The number of amides is 1. The Kier molecular flexibility index (Phi) is 7.36. The molecule has 1 fully saturated rings. The van der Waals surface area contributed by atoms with Crippen LogP contribution in [0.1, 0.15) is 23.7 Å². The van der Waals surface area contributed by atoms with E-state index in [2.05, 4.69) is 15.2 Å². The molecule has 10 heteroatoms. The van der Waals surface area contributed by atoms with Crippen molar-refractivity contribution in [1.29, 1.82) is 0 Å². The molecule has 164 valence electrons. The maximum Gasteiger partial charge on any atom is 0.339 e. The first-order valence-corrected chi connectivity index (χ1v) is 10.1. The Morgan fingerprint density at radius 3 is 2.68 bits per heavy atom. The normalized spacial score (nSPS) is 14.0. The van der Waals surface area contributed by atoms with Crippen molar-refractivity contribution in [3.8, 4) is 0 Å². The third-order valence-electron chi connectivity index (χ3n) is 4.96. The van der Waals surface area contributed by atoms with Gasteiger partial charge in [0.05, 0.1) is 23.6 Å². The van der Waals surface area contributed by atoms with Gasteiger partial charge < -0.3 is 19.9 Å². The third kappa shape index (κ3) is 5.68. The lowest BCUT2D eigenvalue weighted by molar-refractivity contribution is -0.383. The van der Waals surface area contributed by atoms with E-state index < -0.39 is 10.9 Å². The van der Waals surface area contributed by atoms with Crippen molar-refractivity contribution in [3.63, 3.8) is 0 Å². The first-order valence-electron chi connectivity index (χ1n) is 10.1. The minimum absolute atomic E-state index is 0.0165. The van der Waals surface area contributed by atoms with Crippen molar-refractivity contribution in [1.82, 2.24) is 9.88 Å². The number of nitrogens with one attached hydrogen (secondary N) is 1. The van der Waals surface area contributed by atoms with Gasteiger partial charge in [0, 0.05) is 38.4 Å². The summed E-state index contributed by atoms with van der Waals surface area (Å²) in [5, 5.41) is 14.0. The van der Waals surface area contributed by atoms with Crippen LogP contribution in [0.25, 0.3) is 0 Å². The molecule has 0 unspecified atom stereocenters. The number of ether oxygens (including phenoxy) is 1. The maximum atomic E-state index is 12.6. The molecular weight excluding hydrogens is 402 g/mol. The van der Waals surface area contributed by atoms with Crippen molar-refractivity contribution >= 4 is 29.1 Å². The van der Waals surface area contributed by atoms with Crippen LogP contribution in [-0.4, -0.2) is 66.0 Å². The molecule has 0 aliphatic carbocycles. The first-order chi connectivity index (χ1) is 15.0. The van der Waals surface area contributed by atoms with Gasteiger partial charge in [0.1, 0.15) is 11.5 Å². The van der Waals surface area contributed by atoms with Gasteiger partial charge in [-0.25, -0.2) is 9.78 Å². The molecule has 3 rings (SSSR count). The highest BCUT2D eigenvalue weighted by Crippen LogP contribution is 2.23. The predicted molar refractivity (Wildman–Crippen MR) is 115 cm³/mol. The Labute approximate surface area is 180 Å². The first kappa shape index (κ1) is 22.0. The van der Waals surface area contributed by atoms with Gasteiger partial charge in [0.25, 0.3) is 5.69 Å². The molecule has 31 heavy (non-hydrogen) atoms. The Morgan fingerprint density at radius 1 is 1.16 bits per heavy atom. The Bertz CT molecular complexity index is 934. The molecule has 0 radical (unpaired) electrons. The number of carbonyl (C=O) groups excluding carboxylic acids is 2. The minimum Gasteiger partial charge on any atom is -0.462 e. The SMILES string of the molecule is CCOC(=O)c1ccc(N2CCCN(C(=O)CNc3ccccc3[N+](=O)[O-])CC2)nc1. The number of nitrogens with zero attached hydrogens (tertiary/aromatic N) is 4. The molecule has 1 aromatic carbocycles. The van der Waals surface area contributed by atoms with Crippen molar-refractivity contribution in [2.24, 2.45) is 0 Å². The van der Waals surface area contributed by atoms with Gasteiger partial charge in [0.2, 0.25) is 5.91 Å². The number of aromatic nitrogens is 1. The van der Waals surface area contributed by atoms with Gasteiger partial charge >= 0.3 is 5.97 Å². The largest absolute Gasteiger partial charge is 0.462 e. The summed E-state index contributed by atoms with van der Waals surface area (Å²) in [5.41, 5.74) is 0.663. The maximum absolute atomic E-state index is 12.6. The lowest BCUT2D eigenvalue weighted by atomic mass is 10.2. The van der Waals surface area contributed by atoms with E-state index in [4.69, 9.17) is 4.74 Å². The molecule has 0 atom stereocenters. The molecule has 1 aromatic heterocycles. The molecule has 1 amide bonds. The summed E-state index contributed by atoms with van der Waals surface area (Å²) in [6, 6.07) is 9.72. The quantitative estimate of drug-likeness (QED) is 0.406. The fourth-order valence-corrected chi connectivity index (χ4v) is 3.37. The number of pyridine rings is 1. The summed E-state index contributed by atoms with van der Waals surface area (Å²) in [5.74, 6) is 0.214. The van der Waals surface area contributed by atoms with E-state index >= 15 is 0 Å². The Morgan fingerprint density at radius 2 is 1.97 bits per heavy atom. The number of nitro groups is 1. The zero-order valence-electron chi connectivity index (χ0n) is 17.3. The lowest BCUT2D eigenvalue weighted by Gasteiger charge is -2.23. The topological polar surface area (TPSA) is 118 Å². The van der Waals surface area contributed by atoms with E-state index in [1.165, 1.54) is 12.3 Å².